The lowest BCUT2D eigenvalue weighted by Crippen LogP contribution is -2.29. The largest absolute Gasteiger partial charge is 0.490 e. The molecule has 5 rings (SSSR count). The van der Waals surface area contributed by atoms with Gasteiger partial charge in [0.25, 0.3) is 0 Å². The summed E-state index contributed by atoms with van der Waals surface area (Å²) in [6.07, 6.45) is 5.31. The number of carbonyl (C=O) groups is 1. The van der Waals surface area contributed by atoms with E-state index in [9.17, 15) is 9.90 Å². The van der Waals surface area contributed by atoms with Gasteiger partial charge in [0.15, 0.2) is 23.3 Å². The van der Waals surface area contributed by atoms with Gasteiger partial charge >= 0.3 is 5.97 Å². The quantitative estimate of drug-likeness (QED) is 0.387. The number of aryl methyl sites for hydroxylation is 1. The minimum Gasteiger partial charge on any atom is -0.490 e. The van der Waals surface area contributed by atoms with Crippen LogP contribution in [0.15, 0.2) is 29.3 Å². The van der Waals surface area contributed by atoms with Gasteiger partial charge in [-0.25, -0.2) is 18.7 Å². The van der Waals surface area contributed by atoms with E-state index in [4.69, 9.17) is 31.2 Å². The molecular weight excluding hydrogens is 509 g/mol. The van der Waals surface area contributed by atoms with Crippen molar-refractivity contribution < 1.29 is 23.8 Å². The Labute approximate surface area is 225 Å². The van der Waals surface area contributed by atoms with Gasteiger partial charge in [-0.05, 0) is 83.6 Å². The highest BCUT2D eigenvalue weighted by atomic mass is 35.5. The SMILES string of the molecule is Cc1nc2cc(C3=CC=C(Cl)CC3)nn2c(-c2cc(F)c3c(c2C)CCCO3)c1C(OC(C)(C)C)C(=O)O. The zero-order valence-corrected chi connectivity index (χ0v) is 22.9. The zero-order valence-electron chi connectivity index (χ0n) is 22.2. The Bertz CT molecular complexity index is 1520. The number of aliphatic carboxylic acids is 1. The third-order valence-electron chi connectivity index (χ3n) is 6.91. The van der Waals surface area contributed by atoms with Gasteiger partial charge in [0.2, 0.25) is 0 Å². The summed E-state index contributed by atoms with van der Waals surface area (Å²) >= 11 is 6.17. The smallest absolute Gasteiger partial charge is 0.337 e. The number of fused-ring (bicyclic) bond motifs is 2. The Morgan fingerprint density at radius 3 is 2.63 bits per heavy atom. The van der Waals surface area contributed by atoms with E-state index in [1.165, 1.54) is 6.07 Å². The van der Waals surface area contributed by atoms with Gasteiger partial charge in [-0.3, -0.25) is 0 Å². The number of ether oxygens (including phenoxy) is 2. The molecule has 0 radical (unpaired) electrons. The number of hydrogen-bond acceptors (Lipinski definition) is 5. The molecule has 0 fully saturated rings. The molecule has 38 heavy (non-hydrogen) atoms. The number of nitrogens with zero attached hydrogens (tertiary/aromatic N) is 3. The van der Waals surface area contributed by atoms with Gasteiger partial charge in [-0.1, -0.05) is 17.7 Å². The third-order valence-corrected chi connectivity index (χ3v) is 7.22. The van der Waals surface area contributed by atoms with Crippen LogP contribution in [0.5, 0.6) is 5.75 Å². The normalized spacial score (nSPS) is 16.5. The second kappa shape index (κ2) is 9.82. The molecule has 0 saturated carbocycles. The van der Waals surface area contributed by atoms with Crippen LogP contribution in [-0.4, -0.2) is 37.9 Å². The van der Waals surface area contributed by atoms with E-state index in [0.29, 0.717) is 53.3 Å². The Kier molecular flexibility index (Phi) is 6.82. The molecule has 3 aromatic rings. The van der Waals surface area contributed by atoms with Crippen molar-refractivity contribution in [1.82, 2.24) is 14.6 Å². The Balaban J connectivity index is 1.84. The van der Waals surface area contributed by atoms with Crippen molar-refractivity contribution in [1.29, 1.82) is 0 Å². The van der Waals surface area contributed by atoms with E-state index in [2.05, 4.69) is 0 Å². The van der Waals surface area contributed by atoms with E-state index in [-0.39, 0.29) is 5.75 Å². The summed E-state index contributed by atoms with van der Waals surface area (Å²) in [6, 6.07) is 3.28. The molecule has 1 N–H and O–H groups in total. The first-order valence-electron chi connectivity index (χ1n) is 12.8. The van der Waals surface area contributed by atoms with E-state index in [1.807, 2.05) is 25.1 Å². The molecular formula is C29H31ClFN3O4. The van der Waals surface area contributed by atoms with Gasteiger partial charge in [0.1, 0.15) is 0 Å². The Morgan fingerprint density at radius 2 is 1.97 bits per heavy atom. The van der Waals surface area contributed by atoms with Crippen molar-refractivity contribution in [3.63, 3.8) is 0 Å². The Morgan fingerprint density at radius 1 is 1.21 bits per heavy atom. The predicted molar refractivity (Wildman–Crippen MR) is 144 cm³/mol. The van der Waals surface area contributed by atoms with Crippen molar-refractivity contribution in [2.24, 2.45) is 0 Å². The summed E-state index contributed by atoms with van der Waals surface area (Å²) in [5, 5.41) is 16.0. The third kappa shape index (κ3) is 4.83. The standard InChI is InChI=1S/C29H31ClFN3O4/c1-15-19-7-6-12-37-26(19)21(31)13-20(15)25-24(27(28(35)36)38-29(3,4)5)16(2)32-23-14-22(33-34(23)25)17-8-10-18(30)11-9-17/h8,10,13-14,27H,6-7,9,11-12H2,1-5H3,(H,35,36). The second-order valence-electron chi connectivity index (χ2n) is 10.8. The van der Waals surface area contributed by atoms with Crippen LogP contribution < -0.4 is 4.74 Å². The summed E-state index contributed by atoms with van der Waals surface area (Å²) < 4.78 is 28.8. The van der Waals surface area contributed by atoms with Gasteiger partial charge in [-0.2, -0.15) is 5.10 Å². The maximum atomic E-state index is 15.4. The summed E-state index contributed by atoms with van der Waals surface area (Å²) in [6.45, 7) is 9.52. The lowest BCUT2D eigenvalue weighted by Gasteiger charge is -2.28. The number of aromatic nitrogens is 3. The molecule has 2 aliphatic rings. The molecule has 7 nitrogen and oxygen atoms in total. The van der Waals surface area contributed by atoms with Gasteiger partial charge in [0.05, 0.1) is 23.6 Å². The first kappa shape index (κ1) is 26.4. The highest BCUT2D eigenvalue weighted by Crippen LogP contribution is 2.42. The van der Waals surface area contributed by atoms with Crippen molar-refractivity contribution >= 4 is 28.8 Å². The molecule has 0 bridgehead atoms. The summed E-state index contributed by atoms with van der Waals surface area (Å²) in [7, 11) is 0. The second-order valence-corrected chi connectivity index (χ2v) is 11.3. The van der Waals surface area contributed by atoms with Crippen LogP contribution >= 0.6 is 11.6 Å². The molecule has 0 saturated heterocycles. The van der Waals surface area contributed by atoms with Crippen LogP contribution in [0.3, 0.4) is 0 Å². The average molecular weight is 540 g/mol. The van der Waals surface area contributed by atoms with Crippen LogP contribution in [0.4, 0.5) is 4.39 Å². The van der Waals surface area contributed by atoms with Crippen LogP contribution in [-0.2, 0) is 16.0 Å². The lowest BCUT2D eigenvalue weighted by molar-refractivity contribution is -0.160. The monoisotopic (exact) mass is 539 g/mol. The van der Waals surface area contributed by atoms with Gasteiger partial charge < -0.3 is 14.6 Å². The van der Waals surface area contributed by atoms with Crippen LogP contribution in [0.1, 0.15) is 74.2 Å². The van der Waals surface area contributed by atoms with Crippen molar-refractivity contribution in [3.8, 4) is 17.0 Å². The summed E-state index contributed by atoms with van der Waals surface area (Å²) in [5.74, 6) is -1.38. The fourth-order valence-electron chi connectivity index (χ4n) is 5.18. The molecule has 0 amide bonds. The minimum absolute atomic E-state index is 0.263. The van der Waals surface area contributed by atoms with Crippen LogP contribution in [0, 0.1) is 19.7 Å². The van der Waals surface area contributed by atoms with Gasteiger partial charge in [-0.15, -0.1) is 0 Å². The van der Waals surface area contributed by atoms with Crippen LogP contribution in [0.25, 0.3) is 22.5 Å². The molecule has 1 aliphatic carbocycles. The fraction of sp³-hybridized carbons (Fsp3) is 0.414. The number of benzene rings is 1. The zero-order chi connectivity index (χ0) is 27.4. The van der Waals surface area contributed by atoms with Gasteiger partial charge in [0, 0.05) is 33.5 Å². The number of carboxylic acid groups (broad SMARTS) is 1. The minimum atomic E-state index is -1.35. The molecule has 1 unspecified atom stereocenters. The molecule has 3 heterocycles. The maximum Gasteiger partial charge on any atom is 0.337 e. The first-order valence-corrected chi connectivity index (χ1v) is 13.1. The Hall–Kier alpha value is -3.23. The summed E-state index contributed by atoms with van der Waals surface area (Å²) in [5.41, 5.74) is 4.88. The van der Waals surface area contributed by atoms with Crippen molar-refractivity contribution in [3.05, 3.63) is 63.2 Å². The molecule has 1 aliphatic heterocycles. The number of rotatable bonds is 5. The molecule has 200 valence electrons. The number of allylic oxidation sites excluding steroid dienone is 4. The van der Waals surface area contributed by atoms with Crippen molar-refractivity contribution in [2.75, 3.05) is 6.61 Å². The van der Waals surface area contributed by atoms with E-state index >= 15 is 4.39 Å². The molecule has 1 aromatic carbocycles. The number of carboxylic acids is 1. The molecule has 0 spiro atoms. The fourth-order valence-corrected chi connectivity index (χ4v) is 5.34. The van der Waals surface area contributed by atoms with E-state index in [1.54, 1.807) is 32.2 Å². The topological polar surface area (TPSA) is 86.0 Å². The maximum absolute atomic E-state index is 15.4. The predicted octanol–water partition coefficient (Wildman–Crippen LogP) is 6.72. The number of halogens is 2. The lowest BCUT2D eigenvalue weighted by atomic mass is 9.91. The van der Waals surface area contributed by atoms with E-state index in [0.717, 1.165) is 34.6 Å². The molecule has 2 aromatic heterocycles. The number of hydrogen-bond donors (Lipinski definition) is 1. The summed E-state index contributed by atoms with van der Waals surface area (Å²) in [4.78, 5) is 17.3. The highest BCUT2D eigenvalue weighted by molar-refractivity contribution is 6.29. The first-order chi connectivity index (χ1) is 17.9. The average Bonchev–Trinajstić information content (AvgIpc) is 3.27. The van der Waals surface area contributed by atoms with Crippen LogP contribution in [0.2, 0.25) is 0 Å². The van der Waals surface area contributed by atoms with Crippen molar-refractivity contribution in [2.45, 2.75) is 72.0 Å². The molecule has 9 heteroatoms. The van der Waals surface area contributed by atoms with E-state index < -0.39 is 23.5 Å². The highest BCUT2D eigenvalue weighted by Gasteiger charge is 2.34. The molecule has 1 atom stereocenters.